The number of hydrogen-bond acceptors (Lipinski definition) is 3. The molecule has 0 fully saturated rings. The van der Waals surface area contributed by atoms with Gasteiger partial charge in [-0.15, -0.1) is 0 Å². The van der Waals surface area contributed by atoms with Crippen LogP contribution in [0, 0.1) is 0 Å². The third-order valence-corrected chi connectivity index (χ3v) is 4.99. The molecule has 2 aliphatic rings. The molecule has 1 aliphatic heterocycles. The second-order valence-electron chi connectivity index (χ2n) is 3.91. The molecular formula is C9H14N2S. The Kier molecular flexibility index (Phi) is 1.29. The Labute approximate surface area is 77.3 Å². The minimum atomic E-state index is -0.0220. The van der Waals surface area contributed by atoms with Crippen molar-refractivity contribution < 1.29 is 0 Å². The molecule has 0 aromatic rings. The van der Waals surface area contributed by atoms with Crippen LogP contribution in [0.2, 0.25) is 0 Å². The predicted octanol–water partition coefficient (Wildman–Crippen LogP) is 1.92. The molecule has 0 spiro atoms. The summed E-state index contributed by atoms with van der Waals surface area (Å²) in [6.07, 6.45) is 0. The first-order valence-corrected chi connectivity index (χ1v) is 4.96. The molecule has 0 saturated heterocycles. The van der Waals surface area contributed by atoms with Crippen molar-refractivity contribution in [2.45, 2.75) is 38.0 Å². The van der Waals surface area contributed by atoms with Gasteiger partial charge in [0, 0.05) is 0 Å². The maximum absolute atomic E-state index is 5.74. The second-order valence-corrected chi connectivity index (χ2v) is 5.35. The molecule has 66 valence electrons. The second kappa shape index (κ2) is 1.90. The van der Waals surface area contributed by atoms with Crippen LogP contribution in [0.15, 0.2) is 16.1 Å². The summed E-state index contributed by atoms with van der Waals surface area (Å²) in [6, 6.07) is 0. The van der Waals surface area contributed by atoms with Crippen molar-refractivity contribution >= 4 is 16.9 Å². The average molecular weight is 182 g/mol. The van der Waals surface area contributed by atoms with E-state index in [1.54, 1.807) is 11.8 Å². The van der Waals surface area contributed by atoms with Crippen molar-refractivity contribution in [2.75, 3.05) is 0 Å². The number of fused-ring (bicyclic) bond motifs is 1. The zero-order valence-corrected chi connectivity index (χ0v) is 8.75. The zero-order chi connectivity index (χ0) is 9.15. The molecule has 1 aliphatic carbocycles. The molecule has 0 aromatic carbocycles. The van der Waals surface area contributed by atoms with Gasteiger partial charge in [0.25, 0.3) is 0 Å². The highest BCUT2D eigenvalue weighted by atomic mass is 32.2. The molecule has 12 heavy (non-hydrogen) atoms. The molecule has 3 heteroatoms. The van der Waals surface area contributed by atoms with Crippen LogP contribution in [0.1, 0.15) is 27.7 Å². The van der Waals surface area contributed by atoms with E-state index in [4.69, 9.17) is 5.73 Å². The van der Waals surface area contributed by atoms with Crippen molar-refractivity contribution in [1.82, 2.24) is 0 Å². The van der Waals surface area contributed by atoms with E-state index in [0.717, 1.165) is 5.17 Å². The van der Waals surface area contributed by atoms with Crippen LogP contribution in [-0.2, 0) is 0 Å². The Morgan fingerprint density at radius 3 is 2.33 bits per heavy atom. The lowest BCUT2D eigenvalue weighted by Gasteiger charge is -2.50. The van der Waals surface area contributed by atoms with E-state index in [1.807, 2.05) is 0 Å². The van der Waals surface area contributed by atoms with Gasteiger partial charge in [-0.1, -0.05) is 17.3 Å². The number of thioether (sulfide) groups is 1. The highest BCUT2D eigenvalue weighted by Gasteiger charge is 2.60. The topological polar surface area (TPSA) is 38.4 Å². The molecule has 2 nitrogen and oxygen atoms in total. The summed E-state index contributed by atoms with van der Waals surface area (Å²) in [5, 5.41) is 0.733. The number of hydrogen-bond donors (Lipinski definition) is 1. The minimum Gasteiger partial charge on any atom is -0.378 e. The van der Waals surface area contributed by atoms with Crippen LogP contribution in [-0.4, -0.2) is 15.5 Å². The monoisotopic (exact) mass is 182 g/mol. The first kappa shape index (κ1) is 8.17. The molecule has 0 radical (unpaired) electrons. The summed E-state index contributed by atoms with van der Waals surface area (Å²) in [6.45, 7) is 8.73. The lowest BCUT2D eigenvalue weighted by molar-refractivity contribution is 0.401. The van der Waals surface area contributed by atoms with E-state index in [9.17, 15) is 0 Å². The minimum absolute atomic E-state index is 0.0220. The third kappa shape index (κ3) is 0.586. The number of aliphatic imine (C=N–C) groups is 1. The highest BCUT2D eigenvalue weighted by Crippen LogP contribution is 2.60. The van der Waals surface area contributed by atoms with Gasteiger partial charge >= 0.3 is 0 Å². The fraction of sp³-hybridized carbons (Fsp3) is 0.667. The molecule has 1 heterocycles. The van der Waals surface area contributed by atoms with Crippen molar-refractivity contribution in [2.24, 2.45) is 10.7 Å². The molecule has 0 unspecified atom stereocenters. The van der Waals surface area contributed by atoms with Gasteiger partial charge in [0.1, 0.15) is 5.54 Å². The first-order chi connectivity index (χ1) is 5.42. The van der Waals surface area contributed by atoms with E-state index < -0.39 is 0 Å². The molecule has 0 amide bonds. The Morgan fingerprint density at radius 2 is 1.83 bits per heavy atom. The van der Waals surface area contributed by atoms with Crippen molar-refractivity contribution in [3.8, 4) is 0 Å². The van der Waals surface area contributed by atoms with Crippen LogP contribution < -0.4 is 5.73 Å². The van der Waals surface area contributed by atoms with Crippen LogP contribution in [0.3, 0.4) is 0 Å². The molecule has 2 atom stereocenters. The molecule has 2 N–H and O–H groups in total. The van der Waals surface area contributed by atoms with E-state index in [-0.39, 0.29) is 10.3 Å². The Hall–Kier alpha value is -0.440. The van der Waals surface area contributed by atoms with Crippen LogP contribution >= 0.6 is 11.8 Å². The fourth-order valence-corrected chi connectivity index (χ4v) is 3.55. The Balaban J connectivity index is 2.53. The predicted molar refractivity (Wildman–Crippen MR) is 54.4 cm³/mol. The highest BCUT2D eigenvalue weighted by molar-refractivity contribution is 8.15. The lowest BCUT2D eigenvalue weighted by Crippen LogP contribution is -2.54. The average Bonchev–Trinajstić information content (AvgIpc) is 2.20. The lowest BCUT2D eigenvalue weighted by atomic mass is 9.64. The SMILES string of the molecule is CC1=C(C)[C@@]2(C)N=C(N)S[C@@]12C. The van der Waals surface area contributed by atoms with Gasteiger partial charge in [0.15, 0.2) is 5.17 Å². The molecular weight excluding hydrogens is 168 g/mol. The van der Waals surface area contributed by atoms with Crippen molar-refractivity contribution in [1.29, 1.82) is 0 Å². The normalized spacial score (nSPS) is 45.5. The van der Waals surface area contributed by atoms with E-state index in [1.165, 1.54) is 11.1 Å². The molecule has 2 rings (SSSR count). The van der Waals surface area contributed by atoms with E-state index in [0.29, 0.717) is 0 Å². The summed E-state index contributed by atoms with van der Waals surface area (Å²) in [7, 11) is 0. The first-order valence-electron chi connectivity index (χ1n) is 4.14. The Bertz CT molecular complexity index is 318. The standard InChI is InChI=1S/C9H14N2S/c1-5-6(2)9(4)8(5,3)11-7(10)12-9/h1-4H3,(H2,10,11)/t8-,9+/m1/s1. The quantitative estimate of drug-likeness (QED) is 0.581. The summed E-state index contributed by atoms with van der Waals surface area (Å²) in [5.41, 5.74) is 8.55. The largest absolute Gasteiger partial charge is 0.378 e. The van der Waals surface area contributed by atoms with E-state index in [2.05, 4.69) is 32.7 Å². The van der Waals surface area contributed by atoms with Crippen LogP contribution in [0.4, 0.5) is 0 Å². The van der Waals surface area contributed by atoms with E-state index >= 15 is 0 Å². The summed E-state index contributed by atoms with van der Waals surface area (Å²) in [4.78, 5) is 4.49. The van der Waals surface area contributed by atoms with Gasteiger partial charge in [0.05, 0.1) is 4.75 Å². The van der Waals surface area contributed by atoms with Gasteiger partial charge in [-0.3, -0.25) is 4.99 Å². The van der Waals surface area contributed by atoms with Gasteiger partial charge in [-0.2, -0.15) is 0 Å². The maximum Gasteiger partial charge on any atom is 0.155 e. The van der Waals surface area contributed by atoms with Gasteiger partial charge in [0.2, 0.25) is 0 Å². The van der Waals surface area contributed by atoms with Crippen LogP contribution in [0.25, 0.3) is 0 Å². The zero-order valence-electron chi connectivity index (χ0n) is 7.93. The number of nitrogens with zero attached hydrogens (tertiary/aromatic N) is 1. The fourth-order valence-electron chi connectivity index (χ4n) is 2.20. The summed E-state index contributed by atoms with van der Waals surface area (Å²) < 4.78 is 0.140. The maximum atomic E-state index is 5.74. The smallest absolute Gasteiger partial charge is 0.155 e. The molecule has 0 bridgehead atoms. The van der Waals surface area contributed by atoms with Crippen molar-refractivity contribution in [3.05, 3.63) is 11.1 Å². The van der Waals surface area contributed by atoms with Gasteiger partial charge in [-0.05, 0) is 33.3 Å². The number of amidine groups is 1. The summed E-state index contributed by atoms with van der Waals surface area (Å²) in [5.74, 6) is 0. The van der Waals surface area contributed by atoms with Crippen molar-refractivity contribution in [3.63, 3.8) is 0 Å². The Morgan fingerprint density at radius 1 is 1.25 bits per heavy atom. The number of nitrogens with two attached hydrogens (primary N) is 1. The molecule has 0 saturated carbocycles. The van der Waals surface area contributed by atoms with Crippen LogP contribution in [0.5, 0.6) is 0 Å². The summed E-state index contributed by atoms with van der Waals surface area (Å²) >= 11 is 1.70. The number of rotatable bonds is 0. The van der Waals surface area contributed by atoms with Gasteiger partial charge < -0.3 is 5.73 Å². The molecule has 0 aromatic heterocycles. The van der Waals surface area contributed by atoms with Gasteiger partial charge in [-0.25, -0.2) is 0 Å². The third-order valence-electron chi connectivity index (χ3n) is 3.58.